The molecule has 294 valence electrons. The molecule has 8 rings (SSSR count). The predicted molar refractivity (Wildman–Crippen MR) is 213 cm³/mol. The van der Waals surface area contributed by atoms with Crippen LogP contribution in [0.3, 0.4) is 0 Å². The maximum atomic E-state index is 13.3. The first-order chi connectivity index (χ1) is 27.1. The Morgan fingerprint density at radius 1 is 0.768 bits per heavy atom. The molecule has 56 heavy (non-hydrogen) atoms. The number of hydrogen-bond acceptors (Lipinski definition) is 9. The van der Waals surface area contributed by atoms with Gasteiger partial charge < -0.3 is 19.9 Å². The first-order valence-electron chi connectivity index (χ1n) is 20.0. The smallest absolute Gasteiger partial charge is 0.262 e. The maximum absolute atomic E-state index is 13.3. The number of carbonyl (C=O) groups excluding carboxylic acids is 5. The van der Waals surface area contributed by atoms with Gasteiger partial charge in [-0.2, -0.15) is 0 Å². The minimum Gasteiger partial charge on any atom is -0.490 e. The number of halogens is 1. The Morgan fingerprint density at radius 3 is 2.14 bits per heavy atom. The number of carbonyl (C=O) groups is 5. The molecular formula is C43H49ClN6O6. The van der Waals surface area contributed by atoms with Crippen molar-refractivity contribution in [1.82, 2.24) is 20.4 Å². The average Bonchev–Trinajstić information content (AvgIpc) is 3.45. The number of amides is 5. The van der Waals surface area contributed by atoms with Crippen molar-refractivity contribution in [3.8, 4) is 5.75 Å². The summed E-state index contributed by atoms with van der Waals surface area (Å²) in [6.45, 7) is 8.44. The van der Waals surface area contributed by atoms with E-state index in [4.69, 9.17) is 16.3 Å². The molecule has 12 nitrogen and oxygen atoms in total. The molecule has 4 heterocycles. The van der Waals surface area contributed by atoms with Gasteiger partial charge in [-0.1, -0.05) is 17.7 Å². The highest BCUT2D eigenvalue weighted by molar-refractivity contribution is 6.31. The second-order valence-electron chi connectivity index (χ2n) is 15.9. The number of hydrogen-bond donors (Lipinski definition) is 2. The highest BCUT2D eigenvalue weighted by Gasteiger charge is 2.45. The molecule has 2 N–H and O–H groups in total. The summed E-state index contributed by atoms with van der Waals surface area (Å²) in [5.74, 6) is -0.568. The summed E-state index contributed by atoms with van der Waals surface area (Å²) in [7, 11) is 0. The zero-order valence-electron chi connectivity index (χ0n) is 31.8. The topological polar surface area (TPSA) is 132 Å². The number of imide groups is 2. The lowest BCUT2D eigenvalue weighted by atomic mass is 9.92. The van der Waals surface area contributed by atoms with Crippen molar-refractivity contribution in [3.63, 3.8) is 0 Å². The first kappa shape index (κ1) is 38.0. The summed E-state index contributed by atoms with van der Waals surface area (Å²) < 4.78 is 6.16. The summed E-state index contributed by atoms with van der Waals surface area (Å²) in [6.07, 6.45) is 6.13. The van der Waals surface area contributed by atoms with E-state index in [1.807, 2.05) is 43.3 Å². The van der Waals surface area contributed by atoms with Crippen molar-refractivity contribution < 1.29 is 28.7 Å². The standard InChI is InChI=1S/C43H49ClN6O6/c1-27-2-10-34(25-37(27)44)56-33-11-5-30(6-12-33)45-40(52)29-3-7-31(8-4-29)48-18-16-28(17-19-48)26-47-20-22-49(23-21-47)32-9-13-35-36(24-32)43(55)50(42(35)54)38-14-15-39(51)46-41(38)53/h2-4,7-10,13,24-25,28,30,33,38H,5-6,11-12,14-23,26H2,1H3,(H,45,52)(H,46,51,53). The van der Waals surface area contributed by atoms with Gasteiger partial charge in [0.15, 0.2) is 0 Å². The molecule has 5 amide bonds. The molecule has 0 spiro atoms. The second kappa shape index (κ2) is 16.3. The molecular weight excluding hydrogens is 732 g/mol. The Balaban J connectivity index is 0.755. The van der Waals surface area contributed by atoms with Crippen LogP contribution >= 0.6 is 11.6 Å². The van der Waals surface area contributed by atoms with E-state index < -0.39 is 23.8 Å². The number of anilines is 2. The molecule has 1 saturated carbocycles. The Labute approximate surface area is 332 Å². The van der Waals surface area contributed by atoms with E-state index in [0.29, 0.717) is 27.6 Å². The number of nitrogens with one attached hydrogen (secondary N) is 2. The molecule has 0 bridgehead atoms. The Bertz CT molecular complexity index is 2000. The normalized spacial score (nSPS) is 23.6. The summed E-state index contributed by atoms with van der Waals surface area (Å²) in [6, 6.07) is 18.4. The van der Waals surface area contributed by atoms with Crippen molar-refractivity contribution in [1.29, 1.82) is 0 Å². The Kier molecular flexibility index (Phi) is 11.0. The number of piperidine rings is 2. The summed E-state index contributed by atoms with van der Waals surface area (Å²) in [5.41, 5.74) is 4.38. The van der Waals surface area contributed by atoms with E-state index in [-0.39, 0.29) is 36.8 Å². The molecule has 3 saturated heterocycles. The van der Waals surface area contributed by atoms with Gasteiger partial charge in [0, 0.05) is 80.2 Å². The highest BCUT2D eigenvalue weighted by Crippen LogP contribution is 2.32. The monoisotopic (exact) mass is 780 g/mol. The van der Waals surface area contributed by atoms with Gasteiger partial charge in [0.1, 0.15) is 11.8 Å². The van der Waals surface area contributed by atoms with Crippen LogP contribution in [0.4, 0.5) is 11.4 Å². The number of aryl methyl sites for hydroxylation is 1. The molecule has 0 radical (unpaired) electrons. The van der Waals surface area contributed by atoms with Crippen LogP contribution < -0.4 is 25.2 Å². The fraction of sp³-hybridized carbons (Fsp3) is 0.465. The van der Waals surface area contributed by atoms with Gasteiger partial charge >= 0.3 is 0 Å². The van der Waals surface area contributed by atoms with Gasteiger partial charge in [0.25, 0.3) is 17.7 Å². The van der Waals surface area contributed by atoms with Crippen molar-refractivity contribution in [2.45, 2.75) is 76.5 Å². The lowest BCUT2D eigenvalue weighted by Crippen LogP contribution is -2.54. The van der Waals surface area contributed by atoms with Gasteiger partial charge in [-0.3, -0.25) is 39.1 Å². The third-order valence-electron chi connectivity index (χ3n) is 12.2. The van der Waals surface area contributed by atoms with Crippen molar-refractivity contribution >= 4 is 52.5 Å². The lowest BCUT2D eigenvalue weighted by molar-refractivity contribution is -0.136. The van der Waals surface area contributed by atoms with Crippen LogP contribution in [0, 0.1) is 12.8 Å². The number of fused-ring (bicyclic) bond motifs is 1. The van der Waals surface area contributed by atoms with E-state index >= 15 is 0 Å². The SMILES string of the molecule is Cc1ccc(OC2CCC(NC(=O)c3ccc(N4CCC(CN5CCN(c6ccc7c(c6)C(=O)N(C6CCC(=O)NC6=O)C7=O)CC5)CC4)cc3)CC2)cc1Cl. The van der Waals surface area contributed by atoms with Gasteiger partial charge in [-0.05, 0) is 118 Å². The minimum absolute atomic E-state index is 0.0266. The largest absolute Gasteiger partial charge is 0.490 e. The molecule has 3 aromatic rings. The third kappa shape index (κ3) is 8.13. The maximum Gasteiger partial charge on any atom is 0.262 e. The van der Waals surface area contributed by atoms with Crippen LogP contribution in [0.25, 0.3) is 0 Å². The van der Waals surface area contributed by atoms with Crippen molar-refractivity contribution in [2.75, 3.05) is 55.6 Å². The molecule has 4 fully saturated rings. The van der Waals surface area contributed by atoms with Crippen LogP contribution in [-0.4, -0.2) is 103 Å². The van der Waals surface area contributed by atoms with Crippen molar-refractivity contribution in [3.05, 3.63) is 87.9 Å². The Morgan fingerprint density at radius 2 is 1.45 bits per heavy atom. The minimum atomic E-state index is -0.966. The van der Waals surface area contributed by atoms with Gasteiger partial charge in [-0.15, -0.1) is 0 Å². The number of benzene rings is 3. The molecule has 13 heteroatoms. The Hall–Kier alpha value is -4.94. The number of nitrogens with zero attached hydrogens (tertiary/aromatic N) is 4. The van der Waals surface area contributed by atoms with Crippen LogP contribution in [-0.2, 0) is 9.59 Å². The molecule has 1 atom stereocenters. The number of piperazine rings is 1. The van der Waals surface area contributed by atoms with E-state index in [9.17, 15) is 24.0 Å². The number of ether oxygens (including phenoxy) is 1. The van der Waals surface area contributed by atoms with Crippen LogP contribution in [0.2, 0.25) is 5.02 Å². The zero-order valence-corrected chi connectivity index (χ0v) is 32.6. The molecule has 0 aromatic heterocycles. The average molecular weight is 781 g/mol. The van der Waals surface area contributed by atoms with E-state index in [1.54, 1.807) is 12.1 Å². The fourth-order valence-corrected chi connectivity index (χ4v) is 9.01. The third-order valence-corrected chi connectivity index (χ3v) is 12.6. The lowest BCUT2D eigenvalue weighted by Gasteiger charge is -2.40. The van der Waals surface area contributed by atoms with Gasteiger partial charge in [0.2, 0.25) is 11.8 Å². The molecule has 4 aliphatic heterocycles. The van der Waals surface area contributed by atoms with E-state index in [1.165, 1.54) is 0 Å². The van der Waals surface area contributed by atoms with Gasteiger partial charge in [-0.25, -0.2) is 0 Å². The first-order valence-corrected chi connectivity index (χ1v) is 20.4. The molecule has 5 aliphatic rings. The fourth-order valence-electron chi connectivity index (χ4n) is 8.84. The highest BCUT2D eigenvalue weighted by atomic mass is 35.5. The quantitative estimate of drug-likeness (QED) is 0.281. The van der Waals surface area contributed by atoms with Crippen LogP contribution in [0.5, 0.6) is 5.75 Å². The summed E-state index contributed by atoms with van der Waals surface area (Å²) in [5, 5.41) is 6.19. The molecule has 1 aliphatic carbocycles. The molecule has 1 unspecified atom stereocenters. The predicted octanol–water partition coefficient (Wildman–Crippen LogP) is 5.21. The molecule has 3 aromatic carbocycles. The zero-order chi connectivity index (χ0) is 38.9. The summed E-state index contributed by atoms with van der Waals surface area (Å²) in [4.78, 5) is 71.8. The van der Waals surface area contributed by atoms with E-state index in [0.717, 1.165) is 112 Å². The number of rotatable bonds is 9. The van der Waals surface area contributed by atoms with Crippen LogP contribution in [0.15, 0.2) is 60.7 Å². The van der Waals surface area contributed by atoms with Crippen molar-refractivity contribution in [2.24, 2.45) is 5.92 Å². The second-order valence-corrected chi connectivity index (χ2v) is 16.3. The van der Waals surface area contributed by atoms with Crippen LogP contribution in [0.1, 0.15) is 88.0 Å². The summed E-state index contributed by atoms with van der Waals surface area (Å²) >= 11 is 6.26. The van der Waals surface area contributed by atoms with Gasteiger partial charge in [0.05, 0.1) is 17.2 Å². The van der Waals surface area contributed by atoms with E-state index in [2.05, 4.69) is 37.5 Å².